The Morgan fingerprint density at radius 3 is 2.71 bits per heavy atom. The van der Waals surface area contributed by atoms with Crippen molar-refractivity contribution in [2.24, 2.45) is 0 Å². The molecular formula is C13H13NOS2. The number of thiocarbonyl (C=S) groups is 1. The summed E-state index contributed by atoms with van der Waals surface area (Å²) in [5.74, 6) is 0.0192. The molecule has 0 aromatic heterocycles. The third-order valence-corrected chi connectivity index (χ3v) is 4.04. The minimum absolute atomic E-state index is 0.0192. The molecule has 0 saturated carbocycles. The first kappa shape index (κ1) is 12.3. The number of carbonyl (C=O) groups excluding carboxylic acids is 1. The van der Waals surface area contributed by atoms with E-state index < -0.39 is 0 Å². The summed E-state index contributed by atoms with van der Waals surface area (Å²) in [6.07, 6.45) is 1.92. The van der Waals surface area contributed by atoms with Crippen LogP contribution in [-0.2, 0) is 4.79 Å². The molecule has 1 saturated heterocycles. The summed E-state index contributed by atoms with van der Waals surface area (Å²) in [4.78, 5) is 14.4. The Hall–Kier alpha value is -1.13. The van der Waals surface area contributed by atoms with Crippen LogP contribution in [0.4, 0.5) is 0 Å². The zero-order valence-electron chi connectivity index (χ0n) is 9.77. The summed E-state index contributed by atoms with van der Waals surface area (Å²) in [7, 11) is 0. The molecule has 1 aliphatic rings. The van der Waals surface area contributed by atoms with Crippen LogP contribution in [0, 0.1) is 6.92 Å². The predicted octanol–water partition coefficient (Wildman–Crippen LogP) is 3.22. The van der Waals surface area contributed by atoms with E-state index in [2.05, 4.69) is 0 Å². The van der Waals surface area contributed by atoms with Gasteiger partial charge in [0.2, 0.25) is 0 Å². The van der Waals surface area contributed by atoms with Gasteiger partial charge in [-0.25, -0.2) is 0 Å². The van der Waals surface area contributed by atoms with Gasteiger partial charge in [-0.3, -0.25) is 9.69 Å². The number of hydrogen-bond donors (Lipinski definition) is 0. The lowest BCUT2D eigenvalue weighted by Gasteiger charge is -2.09. The molecule has 1 fully saturated rings. The second-order valence-corrected chi connectivity index (χ2v) is 5.46. The van der Waals surface area contributed by atoms with Crippen molar-refractivity contribution in [2.45, 2.75) is 13.8 Å². The molecule has 0 atom stereocenters. The average Bonchev–Trinajstić information content (AvgIpc) is 2.57. The van der Waals surface area contributed by atoms with Crippen LogP contribution < -0.4 is 0 Å². The van der Waals surface area contributed by atoms with E-state index in [0.717, 1.165) is 11.1 Å². The number of benzene rings is 1. The molecule has 1 heterocycles. The molecule has 0 aliphatic carbocycles. The average molecular weight is 263 g/mol. The first-order valence-electron chi connectivity index (χ1n) is 5.44. The van der Waals surface area contributed by atoms with E-state index in [4.69, 9.17) is 12.2 Å². The van der Waals surface area contributed by atoms with Crippen molar-refractivity contribution in [1.29, 1.82) is 0 Å². The van der Waals surface area contributed by atoms with Crippen LogP contribution in [0.1, 0.15) is 18.1 Å². The van der Waals surface area contributed by atoms with Gasteiger partial charge in [0.1, 0.15) is 4.32 Å². The fourth-order valence-electron chi connectivity index (χ4n) is 1.66. The Balaban J connectivity index is 2.34. The molecule has 2 rings (SSSR count). The van der Waals surface area contributed by atoms with Crippen LogP contribution in [0.2, 0.25) is 0 Å². The molecule has 0 spiro atoms. The number of aryl methyl sites for hydroxylation is 1. The molecule has 2 nitrogen and oxygen atoms in total. The van der Waals surface area contributed by atoms with Gasteiger partial charge >= 0.3 is 0 Å². The highest BCUT2D eigenvalue weighted by Gasteiger charge is 2.30. The van der Waals surface area contributed by atoms with Crippen LogP contribution in [-0.4, -0.2) is 21.7 Å². The van der Waals surface area contributed by atoms with Gasteiger partial charge in [-0.15, -0.1) is 0 Å². The third kappa shape index (κ3) is 2.42. The van der Waals surface area contributed by atoms with Crippen LogP contribution in [0.15, 0.2) is 29.2 Å². The lowest BCUT2D eigenvalue weighted by atomic mass is 10.1. The normalized spacial score (nSPS) is 18.2. The van der Waals surface area contributed by atoms with E-state index in [1.54, 1.807) is 4.90 Å². The lowest BCUT2D eigenvalue weighted by molar-refractivity contribution is -0.121. The van der Waals surface area contributed by atoms with Crippen LogP contribution in [0.25, 0.3) is 6.08 Å². The Kier molecular flexibility index (Phi) is 3.64. The van der Waals surface area contributed by atoms with Gasteiger partial charge in [0.05, 0.1) is 4.91 Å². The number of nitrogens with zero attached hydrogens (tertiary/aromatic N) is 1. The largest absolute Gasteiger partial charge is 0.293 e. The molecule has 1 amide bonds. The Bertz CT molecular complexity index is 508. The number of hydrogen-bond acceptors (Lipinski definition) is 3. The molecule has 0 bridgehead atoms. The second-order valence-electron chi connectivity index (χ2n) is 3.78. The van der Waals surface area contributed by atoms with Crippen molar-refractivity contribution in [3.05, 3.63) is 40.3 Å². The van der Waals surface area contributed by atoms with Crippen LogP contribution in [0.5, 0.6) is 0 Å². The van der Waals surface area contributed by atoms with Crippen molar-refractivity contribution < 1.29 is 4.79 Å². The molecule has 1 aromatic rings. The van der Waals surface area contributed by atoms with Crippen molar-refractivity contribution in [1.82, 2.24) is 4.90 Å². The number of amides is 1. The zero-order valence-corrected chi connectivity index (χ0v) is 11.4. The Morgan fingerprint density at radius 1 is 1.41 bits per heavy atom. The first-order valence-corrected chi connectivity index (χ1v) is 6.67. The van der Waals surface area contributed by atoms with E-state index in [1.165, 1.54) is 11.8 Å². The third-order valence-electron chi connectivity index (χ3n) is 2.66. The van der Waals surface area contributed by atoms with Gasteiger partial charge in [-0.1, -0.05) is 48.2 Å². The topological polar surface area (TPSA) is 20.3 Å². The van der Waals surface area contributed by atoms with E-state index in [-0.39, 0.29) is 5.91 Å². The summed E-state index contributed by atoms with van der Waals surface area (Å²) in [6, 6.07) is 8.00. The maximum Gasteiger partial charge on any atom is 0.266 e. The summed E-state index contributed by atoms with van der Waals surface area (Å²) in [6.45, 7) is 4.60. The van der Waals surface area contributed by atoms with Gasteiger partial charge in [0.15, 0.2) is 0 Å². The molecule has 4 heteroatoms. The highest BCUT2D eigenvalue weighted by molar-refractivity contribution is 8.26. The molecule has 1 aliphatic heterocycles. The summed E-state index contributed by atoms with van der Waals surface area (Å²) >= 11 is 6.55. The Morgan fingerprint density at radius 2 is 2.12 bits per heavy atom. The van der Waals surface area contributed by atoms with Gasteiger partial charge in [0, 0.05) is 6.54 Å². The van der Waals surface area contributed by atoms with Gasteiger partial charge in [0.25, 0.3) is 5.91 Å². The van der Waals surface area contributed by atoms with Crippen molar-refractivity contribution >= 4 is 40.3 Å². The maximum absolute atomic E-state index is 12.0. The minimum atomic E-state index is 0.0192. The SMILES string of the molecule is CCN1C(=O)/C(=C\c2ccccc2C)SC1=S. The number of carbonyl (C=O) groups is 1. The summed E-state index contributed by atoms with van der Waals surface area (Å²) in [5.41, 5.74) is 2.23. The molecule has 88 valence electrons. The van der Waals surface area contributed by atoms with Gasteiger partial charge in [-0.2, -0.15) is 0 Å². The summed E-state index contributed by atoms with van der Waals surface area (Å²) < 4.78 is 0.650. The monoisotopic (exact) mass is 263 g/mol. The van der Waals surface area contributed by atoms with Crippen molar-refractivity contribution in [3.63, 3.8) is 0 Å². The van der Waals surface area contributed by atoms with Crippen molar-refractivity contribution in [3.8, 4) is 0 Å². The number of likely N-dealkylation sites (N-methyl/N-ethyl adjacent to an activating group) is 1. The van der Waals surface area contributed by atoms with E-state index in [9.17, 15) is 4.79 Å². The first-order chi connectivity index (χ1) is 8.13. The fraction of sp³-hybridized carbons (Fsp3) is 0.231. The summed E-state index contributed by atoms with van der Waals surface area (Å²) in [5, 5.41) is 0. The smallest absolute Gasteiger partial charge is 0.266 e. The quantitative estimate of drug-likeness (QED) is 0.603. The number of thioether (sulfide) groups is 1. The molecule has 0 radical (unpaired) electrons. The Labute approximate surface area is 111 Å². The lowest BCUT2D eigenvalue weighted by Crippen LogP contribution is -2.27. The minimum Gasteiger partial charge on any atom is -0.293 e. The molecule has 0 unspecified atom stereocenters. The molecular weight excluding hydrogens is 250 g/mol. The van der Waals surface area contributed by atoms with Crippen LogP contribution in [0.3, 0.4) is 0 Å². The van der Waals surface area contributed by atoms with E-state index >= 15 is 0 Å². The fourth-order valence-corrected chi connectivity index (χ4v) is 3.04. The predicted molar refractivity (Wildman–Crippen MR) is 76.7 cm³/mol. The highest BCUT2D eigenvalue weighted by Crippen LogP contribution is 2.32. The highest BCUT2D eigenvalue weighted by atomic mass is 32.2. The number of rotatable bonds is 2. The zero-order chi connectivity index (χ0) is 12.4. The van der Waals surface area contributed by atoms with E-state index in [0.29, 0.717) is 15.8 Å². The molecule has 1 aromatic carbocycles. The van der Waals surface area contributed by atoms with E-state index in [1.807, 2.05) is 44.2 Å². The second kappa shape index (κ2) is 5.02. The molecule has 17 heavy (non-hydrogen) atoms. The van der Waals surface area contributed by atoms with Gasteiger partial charge < -0.3 is 0 Å². The van der Waals surface area contributed by atoms with Crippen molar-refractivity contribution in [2.75, 3.05) is 6.54 Å². The maximum atomic E-state index is 12.0. The van der Waals surface area contributed by atoms with Gasteiger partial charge in [-0.05, 0) is 31.1 Å². The molecule has 0 N–H and O–H groups in total. The van der Waals surface area contributed by atoms with Crippen LogP contribution >= 0.6 is 24.0 Å². The standard InChI is InChI=1S/C13H13NOS2/c1-3-14-12(15)11(17-13(14)16)8-10-7-5-4-6-9(10)2/h4-8H,3H2,1-2H3/b11-8+.